The summed E-state index contributed by atoms with van der Waals surface area (Å²) in [6.45, 7) is 0. The van der Waals surface area contributed by atoms with Crippen molar-refractivity contribution in [2.45, 2.75) is 0 Å². The lowest BCUT2D eigenvalue weighted by atomic mass is 10.8. The second-order valence-electron chi connectivity index (χ2n) is 1.93. The van der Waals surface area contributed by atoms with E-state index >= 15 is 0 Å². The molecule has 0 saturated carbocycles. The van der Waals surface area contributed by atoms with Gasteiger partial charge in [-0.2, -0.15) is 22.3 Å². The van der Waals surface area contributed by atoms with E-state index in [1.165, 1.54) is 11.8 Å². The molecule has 0 aliphatic heterocycles. The summed E-state index contributed by atoms with van der Waals surface area (Å²) in [5, 5.41) is 2.68. The number of thioether (sulfide) groups is 1. The van der Waals surface area contributed by atoms with Crippen LogP contribution in [0.2, 0.25) is 0 Å². The third kappa shape index (κ3) is 5.01. The monoisotopic (exact) mass is 207 g/mol. The minimum absolute atomic E-state index is 0.172. The molecule has 0 spiro atoms. The summed E-state index contributed by atoms with van der Waals surface area (Å²) in [5.74, 6) is -0.286. The van der Waals surface area contributed by atoms with Gasteiger partial charge in [-0.05, 0) is 6.26 Å². The number of nitroso groups, excluding NO2 is 1. The van der Waals surface area contributed by atoms with Crippen molar-refractivity contribution >= 4 is 23.8 Å². The van der Waals surface area contributed by atoms with Crippen molar-refractivity contribution in [3.8, 4) is 0 Å². The third-order valence-electron chi connectivity index (χ3n) is 0.914. The van der Waals surface area contributed by atoms with Crippen molar-refractivity contribution in [3.05, 3.63) is 4.91 Å². The Balaban J connectivity index is 3.69. The van der Waals surface area contributed by atoms with Crippen LogP contribution in [0.5, 0.6) is 0 Å². The predicted molar refractivity (Wildman–Crippen MR) is 46.6 cm³/mol. The SMILES string of the molecule is CSCC(=O)NOC(=O)N(C)N=O. The fraction of sp³-hybridized carbons (Fsp3) is 0.600. The number of rotatable bonds is 3. The second-order valence-corrected chi connectivity index (χ2v) is 2.80. The van der Waals surface area contributed by atoms with Gasteiger partial charge in [0.1, 0.15) is 0 Å². The molecule has 0 radical (unpaired) electrons. The second kappa shape index (κ2) is 6.23. The van der Waals surface area contributed by atoms with Crippen LogP contribution in [0.25, 0.3) is 0 Å². The number of carbonyl (C=O) groups is 2. The molecule has 0 bridgehead atoms. The summed E-state index contributed by atoms with van der Waals surface area (Å²) in [6.07, 6.45) is 0.685. The fourth-order valence-electron chi connectivity index (χ4n) is 0.361. The third-order valence-corrected chi connectivity index (χ3v) is 1.47. The standard InChI is InChI=1S/C5H9N3O4S/c1-8(7-11)5(10)12-6-4(9)3-13-2/h3H2,1-2H3,(H,6,9). The lowest BCUT2D eigenvalue weighted by molar-refractivity contribution is -0.127. The van der Waals surface area contributed by atoms with Crippen molar-refractivity contribution in [2.75, 3.05) is 19.1 Å². The molecule has 0 aromatic heterocycles. The van der Waals surface area contributed by atoms with Crippen molar-refractivity contribution in [1.82, 2.24) is 10.5 Å². The van der Waals surface area contributed by atoms with Crippen LogP contribution in [0.15, 0.2) is 5.29 Å². The Morgan fingerprint density at radius 2 is 2.23 bits per heavy atom. The van der Waals surface area contributed by atoms with E-state index in [9.17, 15) is 14.5 Å². The lowest BCUT2D eigenvalue weighted by Crippen LogP contribution is -2.33. The largest absolute Gasteiger partial charge is 0.457 e. The number of hydrogen-bond acceptors (Lipinski definition) is 6. The zero-order valence-electron chi connectivity index (χ0n) is 7.14. The van der Waals surface area contributed by atoms with Gasteiger partial charge in [-0.15, -0.1) is 4.91 Å². The van der Waals surface area contributed by atoms with Crippen LogP contribution in [0.3, 0.4) is 0 Å². The van der Waals surface area contributed by atoms with Gasteiger partial charge in [-0.1, -0.05) is 0 Å². The Bertz CT molecular complexity index is 210. The molecule has 74 valence electrons. The number of amides is 2. The maximum Gasteiger partial charge on any atom is 0.457 e. The predicted octanol–water partition coefficient (Wildman–Crippen LogP) is 0.130. The van der Waals surface area contributed by atoms with Crippen LogP contribution in [0.4, 0.5) is 4.79 Å². The highest BCUT2D eigenvalue weighted by Gasteiger charge is 2.11. The van der Waals surface area contributed by atoms with Crippen LogP contribution in [0.1, 0.15) is 0 Å². The minimum Gasteiger partial charge on any atom is -0.320 e. The van der Waals surface area contributed by atoms with E-state index in [2.05, 4.69) is 10.1 Å². The molecule has 0 aliphatic carbocycles. The van der Waals surface area contributed by atoms with Gasteiger partial charge >= 0.3 is 6.09 Å². The van der Waals surface area contributed by atoms with E-state index in [0.29, 0.717) is 5.01 Å². The van der Waals surface area contributed by atoms with Gasteiger partial charge in [0.15, 0.2) is 0 Å². The number of nitrogens with one attached hydrogen (secondary N) is 1. The first-order chi connectivity index (χ1) is 6.11. The Kier molecular flexibility index (Phi) is 5.60. The molecular formula is C5H9N3O4S. The highest BCUT2D eigenvalue weighted by molar-refractivity contribution is 7.99. The Morgan fingerprint density at radius 1 is 1.62 bits per heavy atom. The molecule has 0 aliphatic rings. The van der Waals surface area contributed by atoms with E-state index in [0.717, 1.165) is 7.05 Å². The first-order valence-corrected chi connectivity index (χ1v) is 4.56. The summed E-state index contributed by atoms with van der Waals surface area (Å²) in [5.41, 5.74) is 1.85. The van der Waals surface area contributed by atoms with Crippen LogP contribution >= 0.6 is 11.8 Å². The Hall–Kier alpha value is -1.31. The highest BCUT2D eigenvalue weighted by Crippen LogP contribution is 1.91. The first-order valence-electron chi connectivity index (χ1n) is 3.17. The van der Waals surface area contributed by atoms with Gasteiger partial charge in [0.25, 0.3) is 5.91 Å². The van der Waals surface area contributed by atoms with Crippen molar-refractivity contribution in [1.29, 1.82) is 0 Å². The van der Waals surface area contributed by atoms with E-state index in [1.807, 2.05) is 5.48 Å². The average Bonchev–Trinajstić information content (AvgIpc) is 2.13. The summed E-state index contributed by atoms with van der Waals surface area (Å²) in [6, 6.07) is 0. The molecule has 0 unspecified atom stereocenters. The molecule has 1 N–H and O–H groups in total. The fourth-order valence-corrected chi connectivity index (χ4v) is 0.682. The molecule has 0 saturated heterocycles. The lowest BCUT2D eigenvalue weighted by Gasteiger charge is -2.07. The number of hydroxylamine groups is 1. The van der Waals surface area contributed by atoms with E-state index in [-0.39, 0.29) is 5.75 Å². The summed E-state index contributed by atoms with van der Waals surface area (Å²) >= 11 is 1.27. The van der Waals surface area contributed by atoms with E-state index in [4.69, 9.17) is 0 Å². The number of nitrogens with zero attached hydrogens (tertiary/aromatic N) is 2. The molecule has 0 heterocycles. The number of carbonyl (C=O) groups excluding carboxylic acids is 2. The molecule has 0 fully saturated rings. The average molecular weight is 207 g/mol. The van der Waals surface area contributed by atoms with Crippen LogP contribution in [-0.2, 0) is 9.63 Å². The van der Waals surface area contributed by atoms with Crippen LogP contribution in [-0.4, -0.2) is 36.1 Å². The summed E-state index contributed by atoms with van der Waals surface area (Å²) in [7, 11) is 1.11. The van der Waals surface area contributed by atoms with Crippen molar-refractivity contribution in [2.24, 2.45) is 5.29 Å². The zero-order chi connectivity index (χ0) is 10.3. The molecule has 0 aromatic carbocycles. The maximum atomic E-state index is 10.7. The van der Waals surface area contributed by atoms with Crippen molar-refractivity contribution in [3.63, 3.8) is 0 Å². The van der Waals surface area contributed by atoms with E-state index in [1.54, 1.807) is 6.26 Å². The van der Waals surface area contributed by atoms with E-state index < -0.39 is 12.0 Å². The zero-order valence-corrected chi connectivity index (χ0v) is 7.96. The van der Waals surface area contributed by atoms with Gasteiger partial charge in [0.2, 0.25) is 0 Å². The smallest absolute Gasteiger partial charge is 0.320 e. The maximum absolute atomic E-state index is 10.7. The molecule has 7 nitrogen and oxygen atoms in total. The van der Waals surface area contributed by atoms with Gasteiger partial charge in [-0.25, -0.2) is 4.79 Å². The van der Waals surface area contributed by atoms with Gasteiger partial charge in [-0.3, -0.25) is 4.79 Å². The molecular weight excluding hydrogens is 198 g/mol. The van der Waals surface area contributed by atoms with Gasteiger partial charge in [0, 0.05) is 7.05 Å². The topological polar surface area (TPSA) is 88.1 Å². The van der Waals surface area contributed by atoms with Crippen LogP contribution < -0.4 is 5.48 Å². The van der Waals surface area contributed by atoms with Gasteiger partial charge < -0.3 is 4.84 Å². The minimum atomic E-state index is -1.04. The molecule has 0 aromatic rings. The normalized spacial score (nSPS) is 8.77. The molecule has 0 atom stereocenters. The first kappa shape index (κ1) is 11.7. The molecule has 2 amide bonds. The summed E-state index contributed by atoms with van der Waals surface area (Å²) < 4.78 is 0. The summed E-state index contributed by atoms with van der Waals surface area (Å²) in [4.78, 5) is 35.4. The Morgan fingerprint density at radius 3 is 2.69 bits per heavy atom. The highest BCUT2D eigenvalue weighted by atomic mass is 32.2. The van der Waals surface area contributed by atoms with Crippen molar-refractivity contribution < 1.29 is 14.4 Å². The van der Waals surface area contributed by atoms with Gasteiger partial charge in [0.05, 0.1) is 11.0 Å². The quantitative estimate of drug-likeness (QED) is 0.525. The molecule has 8 heteroatoms. The Labute approximate surface area is 78.7 Å². The van der Waals surface area contributed by atoms with Crippen LogP contribution in [0, 0.1) is 4.91 Å². The molecule has 0 rings (SSSR count). The molecule has 13 heavy (non-hydrogen) atoms. The number of hydrogen-bond donors (Lipinski definition) is 1.